The van der Waals surface area contributed by atoms with Gasteiger partial charge in [-0.05, 0) is 49.9 Å². The molecular formula is C16H23BN4O2S. The minimum atomic E-state index is -0.583. The van der Waals surface area contributed by atoms with Gasteiger partial charge in [0, 0.05) is 18.5 Å². The first kappa shape index (κ1) is 17.2. The number of piperidine rings is 1. The number of hydrogen-bond acceptors (Lipinski definition) is 6. The third kappa shape index (κ3) is 3.88. The number of aromatic nitrogens is 1. The Labute approximate surface area is 146 Å². The van der Waals surface area contributed by atoms with E-state index in [2.05, 4.69) is 15.0 Å². The average Bonchev–Trinajstić information content (AvgIpc) is 3.01. The molecule has 1 amide bonds. The number of nitrogens with one attached hydrogen (secondary N) is 2. The zero-order chi connectivity index (χ0) is 16.9. The Morgan fingerprint density at radius 1 is 1.42 bits per heavy atom. The molecule has 128 valence electrons. The van der Waals surface area contributed by atoms with E-state index in [4.69, 9.17) is 0 Å². The van der Waals surface area contributed by atoms with E-state index in [1.165, 1.54) is 11.5 Å². The summed E-state index contributed by atoms with van der Waals surface area (Å²) in [5.74, 6) is 0.869. The van der Waals surface area contributed by atoms with Crippen LogP contribution in [-0.4, -0.2) is 52.8 Å². The lowest BCUT2D eigenvalue weighted by Crippen LogP contribution is -2.55. The molecule has 1 unspecified atom stereocenters. The highest BCUT2D eigenvalue weighted by molar-refractivity contribution is 7.13. The SMILES string of the molecule is CB(O)N1CCCCC1C(=O)NCCNc1nsc2ccccc12. The molecule has 1 saturated heterocycles. The van der Waals surface area contributed by atoms with Crippen LogP contribution in [-0.2, 0) is 4.79 Å². The van der Waals surface area contributed by atoms with Gasteiger partial charge in [-0.15, -0.1) is 0 Å². The predicted octanol–water partition coefficient (Wildman–Crippen LogP) is 1.79. The summed E-state index contributed by atoms with van der Waals surface area (Å²) >= 11 is 1.47. The van der Waals surface area contributed by atoms with Gasteiger partial charge >= 0.3 is 7.05 Å². The zero-order valence-corrected chi connectivity index (χ0v) is 14.7. The van der Waals surface area contributed by atoms with Crippen LogP contribution in [0.25, 0.3) is 10.1 Å². The van der Waals surface area contributed by atoms with Crippen molar-refractivity contribution in [2.75, 3.05) is 25.0 Å². The molecule has 1 aliphatic rings. The monoisotopic (exact) mass is 346 g/mol. The fraction of sp³-hybridized carbons (Fsp3) is 0.500. The van der Waals surface area contributed by atoms with Crippen LogP contribution in [0.5, 0.6) is 0 Å². The van der Waals surface area contributed by atoms with Crippen molar-refractivity contribution in [3.63, 3.8) is 0 Å². The van der Waals surface area contributed by atoms with Gasteiger partial charge in [-0.2, -0.15) is 4.37 Å². The highest BCUT2D eigenvalue weighted by Crippen LogP contribution is 2.25. The Hall–Kier alpha value is -1.64. The van der Waals surface area contributed by atoms with Crippen molar-refractivity contribution in [1.29, 1.82) is 0 Å². The van der Waals surface area contributed by atoms with Crippen LogP contribution in [0, 0.1) is 0 Å². The Morgan fingerprint density at radius 3 is 3.08 bits per heavy atom. The van der Waals surface area contributed by atoms with E-state index in [1.807, 2.05) is 29.1 Å². The van der Waals surface area contributed by atoms with Crippen molar-refractivity contribution in [2.45, 2.75) is 32.1 Å². The van der Waals surface area contributed by atoms with Gasteiger partial charge in [0.15, 0.2) is 0 Å². The van der Waals surface area contributed by atoms with E-state index < -0.39 is 7.05 Å². The van der Waals surface area contributed by atoms with Crippen LogP contribution in [0.15, 0.2) is 24.3 Å². The van der Waals surface area contributed by atoms with Gasteiger partial charge in [-0.1, -0.05) is 18.6 Å². The number of fused-ring (bicyclic) bond motifs is 1. The molecule has 0 aliphatic carbocycles. The predicted molar refractivity (Wildman–Crippen MR) is 99.3 cm³/mol. The quantitative estimate of drug-likeness (QED) is 0.549. The number of carbonyl (C=O) groups excluding carboxylic acids is 1. The average molecular weight is 346 g/mol. The number of hydrogen-bond donors (Lipinski definition) is 3. The molecule has 8 heteroatoms. The first-order valence-electron chi connectivity index (χ1n) is 8.46. The molecule has 2 heterocycles. The summed E-state index contributed by atoms with van der Waals surface area (Å²) in [6.45, 7) is 3.66. The van der Waals surface area contributed by atoms with Crippen LogP contribution in [0.1, 0.15) is 19.3 Å². The summed E-state index contributed by atoms with van der Waals surface area (Å²) in [4.78, 5) is 14.3. The highest BCUT2D eigenvalue weighted by Gasteiger charge is 2.32. The fourth-order valence-electron chi connectivity index (χ4n) is 3.18. The van der Waals surface area contributed by atoms with Crippen LogP contribution in [0.3, 0.4) is 0 Å². The molecule has 0 radical (unpaired) electrons. The Bertz CT molecular complexity index is 694. The lowest BCUT2D eigenvalue weighted by molar-refractivity contribution is -0.125. The summed E-state index contributed by atoms with van der Waals surface area (Å²) in [5.41, 5.74) is 0. The number of carbonyl (C=O) groups is 1. The largest absolute Gasteiger partial charge is 0.437 e. The van der Waals surface area contributed by atoms with Crippen molar-refractivity contribution in [1.82, 2.24) is 14.5 Å². The van der Waals surface area contributed by atoms with Crippen LogP contribution in [0.4, 0.5) is 5.82 Å². The number of benzene rings is 1. The second-order valence-electron chi connectivity index (χ2n) is 6.13. The Morgan fingerprint density at radius 2 is 2.25 bits per heavy atom. The number of rotatable bonds is 6. The van der Waals surface area contributed by atoms with Gasteiger partial charge in [0.2, 0.25) is 5.91 Å². The second kappa shape index (κ2) is 7.96. The molecule has 3 N–H and O–H groups in total. The third-order valence-electron chi connectivity index (χ3n) is 4.42. The minimum Gasteiger partial charge on any atom is -0.437 e. The standard InChI is InChI=1S/C16H23BN4O2S/c1-17(23)21-11-5-4-7-13(21)16(22)19-10-9-18-15-12-6-2-3-8-14(12)24-20-15/h2-3,6,8,13,23H,4-5,7,9-11H2,1H3,(H,18,20)(H,19,22). The highest BCUT2D eigenvalue weighted by atomic mass is 32.1. The van der Waals surface area contributed by atoms with E-state index >= 15 is 0 Å². The van der Waals surface area contributed by atoms with Gasteiger partial charge in [0.1, 0.15) is 5.82 Å². The van der Waals surface area contributed by atoms with Gasteiger partial charge in [-0.3, -0.25) is 4.79 Å². The maximum Gasteiger partial charge on any atom is 0.377 e. The molecule has 0 bridgehead atoms. The van der Waals surface area contributed by atoms with E-state index in [-0.39, 0.29) is 11.9 Å². The number of amides is 1. The molecule has 1 aliphatic heterocycles. The fourth-order valence-corrected chi connectivity index (χ4v) is 3.94. The van der Waals surface area contributed by atoms with Crippen molar-refractivity contribution in [2.24, 2.45) is 0 Å². The lowest BCUT2D eigenvalue weighted by atomic mass is 9.79. The zero-order valence-electron chi connectivity index (χ0n) is 13.9. The second-order valence-corrected chi connectivity index (χ2v) is 6.93. The molecule has 6 nitrogen and oxygen atoms in total. The Balaban J connectivity index is 1.48. The topological polar surface area (TPSA) is 77.5 Å². The summed E-state index contributed by atoms with van der Waals surface area (Å²) in [5, 5.41) is 17.2. The maximum absolute atomic E-state index is 12.4. The summed E-state index contributed by atoms with van der Waals surface area (Å²) in [6.07, 6.45) is 2.87. The van der Waals surface area contributed by atoms with E-state index in [0.717, 1.165) is 41.7 Å². The minimum absolute atomic E-state index is 0.000496. The van der Waals surface area contributed by atoms with Crippen molar-refractivity contribution in [3.05, 3.63) is 24.3 Å². The van der Waals surface area contributed by atoms with Crippen LogP contribution < -0.4 is 10.6 Å². The summed E-state index contributed by atoms with van der Waals surface area (Å²) < 4.78 is 5.57. The first-order valence-corrected chi connectivity index (χ1v) is 9.24. The molecule has 1 fully saturated rings. The molecule has 1 aromatic heterocycles. The van der Waals surface area contributed by atoms with E-state index in [1.54, 1.807) is 6.82 Å². The number of nitrogens with zero attached hydrogens (tertiary/aromatic N) is 2. The lowest BCUT2D eigenvalue weighted by Gasteiger charge is -2.35. The van der Waals surface area contributed by atoms with E-state index in [9.17, 15) is 9.82 Å². The molecule has 0 spiro atoms. The van der Waals surface area contributed by atoms with Crippen LogP contribution in [0.2, 0.25) is 6.82 Å². The third-order valence-corrected chi connectivity index (χ3v) is 5.25. The molecule has 24 heavy (non-hydrogen) atoms. The molecule has 0 saturated carbocycles. The smallest absolute Gasteiger partial charge is 0.377 e. The van der Waals surface area contributed by atoms with Crippen molar-refractivity contribution in [3.8, 4) is 0 Å². The molecular weight excluding hydrogens is 323 g/mol. The molecule has 3 rings (SSSR count). The van der Waals surface area contributed by atoms with Crippen molar-refractivity contribution < 1.29 is 9.82 Å². The molecule has 1 atom stereocenters. The van der Waals surface area contributed by atoms with Gasteiger partial charge in [0.05, 0.1) is 10.7 Å². The van der Waals surface area contributed by atoms with Crippen LogP contribution >= 0.6 is 11.5 Å². The normalized spacial score (nSPS) is 18.5. The van der Waals surface area contributed by atoms with Gasteiger partial charge in [0.25, 0.3) is 0 Å². The summed E-state index contributed by atoms with van der Waals surface area (Å²) in [7, 11) is -0.583. The van der Waals surface area contributed by atoms with E-state index in [0.29, 0.717) is 13.1 Å². The number of anilines is 1. The van der Waals surface area contributed by atoms with Gasteiger partial charge in [-0.25, -0.2) is 0 Å². The molecule has 2 aromatic rings. The first-order chi connectivity index (χ1) is 11.7. The van der Waals surface area contributed by atoms with Gasteiger partial charge < -0.3 is 20.5 Å². The Kier molecular flexibility index (Phi) is 5.70. The van der Waals surface area contributed by atoms with Crippen molar-refractivity contribution >= 4 is 40.4 Å². The maximum atomic E-state index is 12.4. The summed E-state index contributed by atoms with van der Waals surface area (Å²) in [6, 6.07) is 7.87. The molecule has 1 aromatic carbocycles.